The summed E-state index contributed by atoms with van der Waals surface area (Å²) in [4.78, 5) is 25.1. The molecule has 130 valence electrons. The lowest BCUT2D eigenvalue weighted by atomic mass is 9.89. The van der Waals surface area contributed by atoms with Crippen LogP contribution in [0.2, 0.25) is 0 Å². The standard InChI is InChI=1S/C18H25N3O2S/c1-10-4-5-13-14(6-10)24-18-16(13)17(22)19-15(20-18)9-21-7-11(2)23-12(3)8-21/h10-12H,4-9H2,1-3H3,(H,19,20,22)/t10-,11+,12+/m0/s1. The number of hydrogen-bond donors (Lipinski definition) is 1. The van der Waals surface area contributed by atoms with Crippen molar-refractivity contribution in [2.75, 3.05) is 13.1 Å². The number of nitrogens with zero attached hydrogens (tertiary/aromatic N) is 2. The average molecular weight is 347 g/mol. The molecule has 1 N–H and O–H groups in total. The van der Waals surface area contributed by atoms with E-state index in [1.54, 1.807) is 11.3 Å². The second-order valence-corrected chi connectivity index (χ2v) is 8.58. The number of rotatable bonds is 2. The summed E-state index contributed by atoms with van der Waals surface area (Å²) >= 11 is 1.72. The number of aryl methyl sites for hydroxylation is 1. The molecule has 0 radical (unpaired) electrons. The Hall–Kier alpha value is -1.24. The Labute approximate surface area is 146 Å². The van der Waals surface area contributed by atoms with E-state index in [1.165, 1.54) is 16.9 Å². The van der Waals surface area contributed by atoms with Crippen LogP contribution in [-0.4, -0.2) is 40.2 Å². The van der Waals surface area contributed by atoms with Gasteiger partial charge in [-0.05, 0) is 44.6 Å². The van der Waals surface area contributed by atoms with E-state index in [0.717, 1.165) is 42.0 Å². The first kappa shape index (κ1) is 16.2. The fraction of sp³-hybridized carbons (Fsp3) is 0.667. The highest BCUT2D eigenvalue weighted by Crippen LogP contribution is 2.35. The van der Waals surface area contributed by atoms with Gasteiger partial charge in [-0.2, -0.15) is 0 Å². The summed E-state index contributed by atoms with van der Waals surface area (Å²) in [6, 6.07) is 0. The Morgan fingerprint density at radius 2 is 2.04 bits per heavy atom. The van der Waals surface area contributed by atoms with Crippen molar-refractivity contribution >= 4 is 21.6 Å². The van der Waals surface area contributed by atoms with Crippen LogP contribution in [0.5, 0.6) is 0 Å². The van der Waals surface area contributed by atoms with Crippen molar-refractivity contribution in [3.8, 4) is 0 Å². The van der Waals surface area contributed by atoms with Crippen LogP contribution in [-0.2, 0) is 24.1 Å². The minimum atomic E-state index is 0.0383. The summed E-state index contributed by atoms with van der Waals surface area (Å²) in [7, 11) is 0. The molecule has 3 heterocycles. The summed E-state index contributed by atoms with van der Waals surface area (Å²) < 4.78 is 5.78. The van der Waals surface area contributed by atoms with Gasteiger partial charge in [-0.15, -0.1) is 11.3 Å². The Bertz CT molecular complexity index is 802. The van der Waals surface area contributed by atoms with Crippen LogP contribution >= 0.6 is 11.3 Å². The van der Waals surface area contributed by atoms with E-state index in [9.17, 15) is 4.79 Å². The third kappa shape index (κ3) is 3.03. The molecule has 1 saturated heterocycles. The van der Waals surface area contributed by atoms with Gasteiger partial charge in [-0.3, -0.25) is 9.69 Å². The van der Waals surface area contributed by atoms with Gasteiger partial charge in [-0.1, -0.05) is 6.92 Å². The number of ether oxygens (including phenoxy) is 1. The van der Waals surface area contributed by atoms with Crippen LogP contribution in [0, 0.1) is 5.92 Å². The SMILES string of the molecule is C[C@H]1CCc2c(sc3nc(CN4C[C@@H](C)O[C@H](C)C4)[nH]c(=O)c23)C1. The number of H-pyrrole nitrogens is 1. The third-order valence-corrected chi connectivity index (χ3v) is 6.23. The molecular formula is C18H25N3O2S. The van der Waals surface area contributed by atoms with E-state index in [-0.39, 0.29) is 17.8 Å². The zero-order valence-corrected chi connectivity index (χ0v) is 15.4. The van der Waals surface area contributed by atoms with Gasteiger partial charge in [-0.25, -0.2) is 4.98 Å². The first-order valence-electron chi connectivity index (χ1n) is 8.91. The smallest absolute Gasteiger partial charge is 0.259 e. The summed E-state index contributed by atoms with van der Waals surface area (Å²) in [5, 5.41) is 0.842. The van der Waals surface area contributed by atoms with Crippen LogP contribution in [0.15, 0.2) is 4.79 Å². The van der Waals surface area contributed by atoms with E-state index in [1.807, 2.05) is 0 Å². The maximum Gasteiger partial charge on any atom is 0.259 e. The van der Waals surface area contributed by atoms with Gasteiger partial charge >= 0.3 is 0 Å². The lowest BCUT2D eigenvalue weighted by Crippen LogP contribution is -2.45. The quantitative estimate of drug-likeness (QED) is 0.907. The molecule has 5 nitrogen and oxygen atoms in total. The normalized spacial score (nSPS) is 28.2. The Kier molecular flexibility index (Phi) is 4.22. The second kappa shape index (κ2) is 6.24. The number of morpholine rings is 1. The molecule has 1 fully saturated rings. The average Bonchev–Trinajstić information content (AvgIpc) is 2.83. The van der Waals surface area contributed by atoms with Crippen LogP contribution in [0.25, 0.3) is 10.2 Å². The molecule has 24 heavy (non-hydrogen) atoms. The minimum absolute atomic E-state index is 0.0383. The van der Waals surface area contributed by atoms with Crippen molar-refractivity contribution in [1.29, 1.82) is 0 Å². The van der Waals surface area contributed by atoms with E-state index in [0.29, 0.717) is 12.5 Å². The maximum atomic E-state index is 12.7. The fourth-order valence-electron chi connectivity index (χ4n) is 4.09. The van der Waals surface area contributed by atoms with Crippen molar-refractivity contribution in [2.24, 2.45) is 5.92 Å². The number of aromatic amines is 1. The molecule has 0 aromatic carbocycles. The lowest BCUT2D eigenvalue weighted by Gasteiger charge is -2.34. The van der Waals surface area contributed by atoms with Crippen LogP contribution < -0.4 is 5.56 Å². The van der Waals surface area contributed by atoms with Gasteiger partial charge in [0.15, 0.2) is 0 Å². The lowest BCUT2D eigenvalue weighted by molar-refractivity contribution is -0.0710. The van der Waals surface area contributed by atoms with Gasteiger partial charge in [0.25, 0.3) is 5.56 Å². The number of thiophene rings is 1. The molecule has 6 heteroatoms. The molecular weight excluding hydrogens is 322 g/mol. The first-order chi connectivity index (χ1) is 11.5. The van der Waals surface area contributed by atoms with Crippen LogP contribution in [0.4, 0.5) is 0 Å². The number of aromatic nitrogens is 2. The van der Waals surface area contributed by atoms with E-state index in [2.05, 4.69) is 30.7 Å². The maximum absolute atomic E-state index is 12.7. The molecule has 0 bridgehead atoms. The van der Waals surface area contributed by atoms with Crippen LogP contribution in [0.3, 0.4) is 0 Å². The highest BCUT2D eigenvalue weighted by atomic mass is 32.1. The highest BCUT2D eigenvalue weighted by molar-refractivity contribution is 7.18. The molecule has 2 aliphatic rings. The van der Waals surface area contributed by atoms with Gasteiger partial charge in [0.2, 0.25) is 0 Å². The molecule has 0 amide bonds. The van der Waals surface area contributed by atoms with E-state index in [4.69, 9.17) is 9.72 Å². The number of fused-ring (bicyclic) bond motifs is 3. The highest BCUT2D eigenvalue weighted by Gasteiger charge is 2.25. The second-order valence-electron chi connectivity index (χ2n) is 7.50. The topological polar surface area (TPSA) is 58.2 Å². The molecule has 4 rings (SSSR count). The monoisotopic (exact) mass is 347 g/mol. The molecule has 1 aliphatic carbocycles. The Morgan fingerprint density at radius 1 is 1.29 bits per heavy atom. The molecule has 0 unspecified atom stereocenters. The van der Waals surface area contributed by atoms with Crippen molar-refractivity contribution in [3.05, 3.63) is 26.6 Å². The Morgan fingerprint density at radius 3 is 2.79 bits per heavy atom. The zero-order chi connectivity index (χ0) is 16.8. The molecule has 0 saturated carbocycles. The number of nitrogens with one attached hydrogen (secondary N) is 1. The largest absolute Gasteiger partial charge is 0.373 e. The third-order valence-electron chi connectivity index (χ3n) is 5.08. The predicted molar refractivity (Wildman–Crippen MR) is 96.7 cm³/mol. The van der Waals surface area contributed by atoms with Gasteiger partial charge in [0, 0.05) is 18.0 Å². The number of hydrogen-bond acceptors (Lipinski definition) is 5. The van der Waals surface area contributed by atoms with Gasteiger partial charge in [0.1, 0.15) is 10.7 Å². The molecule has 2 aromatic heterocycles. The van der Waals surface area contributed by atoms with E-state index >= 15 is 0 Å². The Balaban J connectivity index is 1.65. The minimum Gasteiger partial charge on any atom is -0.373 e. The fourth-order valence-corrected chi connectivity index (χ4v) is 5.50. The summed E-state index contributed by atoms with van der Waals surface area (Å²) in [5.74, 6) is 1.49. The predicted octanol–water partition coefficient (Wildman–Crippen LogP) is 2.72. The summed E-state index contributed by atoms with van der Waals surface area (Å²) in [5.41, 5.74) is 1.29. The van der Waals surface area contributed by atoms with Crippen molar-refractivity contribution < 1.29 is 4.74 Å². The van der Waals surface area contributed by atoms with Crippen molar-refractivity contribution in [3.63, 3.8) is 0 Å². The molecule has 0 spiro atoms. The summed E-state index contributed by atoms with van der Waals surface area (Å²) in [6.07, 6.45) is 3.71. The van der Waals surface area contributed by atoms with Gasteiger partial charge in [0.05, 0.1) is 24.1 Å². The summed E-state index contributed by atoms with van der Waals surface area (Å²) in [6.45, 7) is 8.92. The van der Waals surface area contributed by atoms with Gasteiger partial charge < -0.3 is 9.72 Å². The molecule has 3 atom stereocenters. The zero-order valence-electron chi connectivity index (χ0n) is 14.6. The van der Waals surface area contributed by atoms with Crippen molar-refractivity contribution in [1.82, 2.24) is 14.9 Å². The first-order valence-corrected chi connectivity index (χ1v) is 9.72. The molecule has 1 aliphatic heterocycles. The molecule has 2 aromatic rings. The van der Waals surface area contributed by atoms with Crippen LogP contribution in [0.1, 0.15) is 43.5 Å². The van der Waals surface area contributed by atoms with Crippen molar-refractivity contribution in [2.45, 2.75) is 58.8 Å². The van der Waals surface area contributed by atoms with E-state index < -0.39 is 0 Å².